The second-order valence-electron chi connectivity index (χ2n) is 2.28. The molecule has 0 aliphatic rings. The first-order valence-electron chi connectivity index (χ1n) is 3.22. The molecule has 1 aromatic rings. The van der Waals surface area contributed by atoms with Gasteiger partial charge in [-0.05, 0) is 22.0 Å². The van der Waals surface area contributed by atoms with Crippen LogP contribution in [0.2, 0.25) is 0 Å². The van der Waals surface area contributed by atoms with Gasteiger partial charge in [-0.2, -0.15) is 13.2 Å². The molecular weight excluding hydrogens is 270 g/mol. The molecule has 0 radical (unpaired) electrons. The molecule has 0 saturated heterocycles. The normalized spacial score (nSPS) is 11.8. The minimum atomic E-state index is -4.40. The summed E-state index contributed by atoms with van der Waals surface area (Å²) in [6.07, 6.45) is -3.12. The Morgan fingerprint density at radius 3 is 2.54 bits per heavy atom. The molecule has 0 amide bonds. The zero-order chi connectivity index (χ0) is 10.1. The van der Waals surface area contributed by atoms with Crippen LogP contribution in [-0.4, -0.2) is 4.98 Å². The van der Waals surface area contributed by atoms with Gasteiger partial charge in [0.15, 0.2) is 0 Å². The quantitative estimate of drug-likeness (QED) is 0.713. The van der Waals surface area contributed by atoms with E-state index < -0.39 is 11.7 Å². The molecule has 1 heterocycles. The van der Waals surface area contributed by atoms with Crippen LogP contribution in [0.25, 0.3) is 0 Å². The van der Waals surface area contributed by atoms with Gasteiger partial charge in [0, 0.05) is 10.7 Å². The Labute approximate surface area is 86.0 Å². The van der Waals surface area contributed by atoms with Gasteiger partial charge in [0.2, 0.25) is 0 Å². The number of halogens is 5. The molecule has 0 atom stereocenters. The maximum absolute atomic E-state index is 12.3. The van der Waals surface area contributed by atoms with Crippen LogP contribution in [0.3, 0.4) is 0 Å². The molecule has 13 heavy (non-hydrogen) atoms. The van der Waals surface area contributed by atoms with E-state index in [9.17, 15) is 13.2 Å². The summed E-state index contributed by atoms with van der Waals surface area (Å²) < 4.78 is 37.2. The number of hydrogen-bond donors (Lipinski definition) is 0. The lowest BCUT2D eigenvalue weighted by Crippen LogP contribution is -2.09. The molecule has 0 unspecified atom stereocenters. The summed E-state index contributed by atoms with van der Waals surface area (Å²) >= 11 is 8.23. The van der Waals surface area contributed by atoms with Crippen molar-refractivity contribution in [2.24, 2.45) is 0 Å². The molecule has 0 bridgehead atoms. The van der Waals surface area contributed by atoms with E-state index in [4.69, 9.17) is 11.6 Å². The fourth-order valence-electron chi connectivity index (χ4n) is 0.820. The smallest absolute Gasteiger partial charge is 0.258 e. The van der Waals surface area contributed by atoms with Crippen molar-refractivity contribution >= 4 is 27.5 Å². The molecule has 0 N–H and O–H groups in total. The van der Waals surface area contributed by atoms with E-state index in [-0.39, 0.29) is 16.0 Å². The van der Waals surface area contributed by atoms with Gasteiger partial charge in [-0.15, -0.1) is 11.6 Å². The van der Waals surface area contributed by atoms with Crippen LogP contribution in [0.15, 0.2) is 16.7 Å². The highest BCUT2D eigenvalue weighted by Crippen LogP contribution is 2.33. The van der Waals surface area contributed by atoms with Gasteiger partial charge in [-0.1, -0.05) is 0 Å². The Hall–Kier alpha value is -0.290. The van der Waals surface area contributed by atoms with Crippen molar-refractivity contribution in [2.45, 2.75) is 12.1 Å². The third-order valence-electron chi connectivity index (χ3n) is 1.37. The van der Waals surface area contributed by atoms with E-state index in [0.717, 1.165) is 6.07 Å². The average molecular weight is 274 g/mol. The van der Waals surface area contributed by atoms with Crippen LogP contribution in [0, 0.1) is 0 Å². The van der Waals surface area contributed by atoms with Gasteiger partial charge in [0.05, 0.1) is 17.1 Å². The molecular formula is C7H4BrClF3N. The van der Waals surface area contributed by atoms with Crippen LogP contribution in [-0.2, 0) is 12.1 Å². The second kappa shape index (κ2) is 3.84. The highest BCUT2D eigenvalue weighted by Gasteiger charge is 2.33. The van der Waals surface area contributed by atoms with E-state index in [0.29, 0.717) is 0 Å². The molecule has 0 saturated carbocycles. The van der Waals surface area contributed by atoms with Gasteiger partial charge in [-0.3, -0.25) is 4.98 Å². The summed E-state index contributed by atoms with van der Waals surface area (Å²) in [5.41, 5.74) is -0.950. The molecule has 0 aromatic carbocycles. The number of rotatable bonds is 1. The molecule has 1 aromatic heterocycles. The van der Waals surface area contributed by atoms with Crippen molar-refractivity contribution in [1.29, 1.82) is 0 Å². The van der Waals surface area contributed by atoms with Crippen LogP contribution < -0.4 is 0 Å². The monoisotopic (exact) mass is 273 g/mol. The maximum Gasteiger partial charge on any atom is 0.418 e. The predicted octanol–water partition coefficient (Wildman–Crippen LogP) is 3.60. The number of nitrogens with zero attached hydrogens (tertiary/aromatic N) is 1. The predicted molar refractivity (Wildman–Crippen MR) is 46.5 cm³/mol. The molecule has 0 aliphatic carbocycles. The molecule has 0 spiro atoms. The second-order valence-corrected chi connectivity index (χ2v) is 3.46. The standard InChI is InChI=1S/C7H4BrClF3N/c8-4-1-5(7(10,11)12)6(2-9)13-3-4/h1,3H,2H2. The van der Waals surface area contributed by atoms with Gasteiger partial charge >= 0.3 is 6.18 Å². The first kappa shape index (κ1) is 10.8. The van der Waals surface area contributed by atoms with Crippen molar-refractivity contribution in [3.63, 3.8) is 0 Å². The molecule has 1 nitrogen and oxygen atoms in total. The minimum Gasteiger partial charge on any atom is -0.258 e. The lowest BCUT2D eigenvalue weighted by atomic mass is 10.2. The Morgan fingerprint density at radius 1 is 1.46 bits per heavy atom. The Kier molecular flexibility index (Phi) is 3.18. The third kappa shape index (κ3) is 2.57. The highest BCUT2D eigenvalue weighted by molar-refractivity contribution is 9.10. The Balaban J connectivity index is 3.24. The molecule has 72 valence electrons. The number of aromatic nitrogens is 1. The maximum atomic E-state index is 12.3. The molecule has 0 fully saturated rings. The number of alkyl halides is 4. The topological polar surface area (TPSA) is 12.9 Å². The van der Waals surface area contributed by atoms with Crippen molar-refractivity contribution < 1.29 is 13.2 Å². The summed E-state index contributed by atoms with van der Waals surface area (Å²) in [5, 5.41) is 0. The Bertz CT molecular complexity index is 313. The van der Waals surface area contributed by atoms with E-state index in [2.05, 4.69) is 20.9 Å². The minimum absolute atomic E-state index is 0.155. The van der Waals surface area contributed by atoms with E-state index >= 15 is 0 Å². The lowest BCUT2D eigenvalue weighted by Gasteiger charge is -2.09. The SMILES string of the molecule is FC(F)(F)c1cc(Br)cnc1CCl. The van der Waals surface area contributed by atoms with Gasteiger partial charge in [-0.25, -0.2) is 0 Å². The third-order valence-corrected chi connectivity index (χ3v) is 2.06. The summed E-state index contributed by atoms with van der Waals surface area (Å²) in [6, 6.07) is 0.963. The summed E-state index contributed by atoms with van der Waals surface area (Å²) in [7, 11) is 0. The summed E-state index contributed by atoms with van der Waals surface area (Å²) in [5.74, 6) is -0.248. The van der Waals surface area contributed by atoms with Crippen molar-refractivity contribution in [3.05, 3.63) is 28.0 Å². The van der Waals surface area contributed by atoms with Crippen LogP contribution in [0.1, 0.15) is 11.3 Å². The molecule has 1 rings (SSSR count). The van der Waals surface area contributed by atoms with E-state index in [1.165, 1.54) is 6.20 Å². The first-order chi connectivity index (χ1) is 5.95. The first-order valence-corrected chi connectivity index (χ1v) is 4.55. The number of pyridine rings is 1. The van der Waals surface area contributed by atoms with Gasteiger partial charge < -0.3 is 0 Å². The fraction of sp³-hybridized carbons (Fsp3) is 0.286. The van der Waals surface area contributed by atoms with Gasteiger partial charge in [0.1, 0.15) is 0 Å². The van der Waals surface area contributed by atoms with Crippen molar-refractivity contribution in [3.8, 4) is 0 Å². The summed E-state index contributed by atoms with van der Waals surface area (Å²) in [4.78, 5) is 3.56. The Morgan fingerprint density at radius 2 is 2.08 bits per heavy atom. The summed E-state index contributed by atoms with van der Waals surface area (Å²) in [6.45, 7) is 0. The van der Waals surface area contributed by atoms with Gasteiger partial charge in [0.25, 0.3) is 0 Å². The lowest BCUT2D eigenvalue weighted by molar-refractivity contribution is -0.138. The van der Waals surface area contributed by atoms with Crippen LogP contribution >= 0.6 is 27.5 Å². The molecule has 0 aliphatic heterocycles. The van der Waals surface area contributed by atoms with Crippen molar-refractivity contribution in [2.75, 3.05) is 0 Å². The zero-order valence-electron chi connectivity index (χ0n) is 6.20. The number of hydrogen-bond acceptors (Lipinski definition) is 1. The highest BCUT2D eigenvalue weighted by atomic mass is 79.9. The average Bonchev–Trinajstić information content (AvgIpc) is 2.03. The van der Waals surface area contributed by atoms with Crippen LogP contribution in [0.4, 0.5) is 13.2 Å². The van der Waals surface area contributed by atoms with E-state index in [1.807, 2.05) is 0 Å². The molecule has 6 heteroatoms. The zero-order valence-corrected chi connectivity index (χ0v) is 8.54. The van der Waals surface area contributed by atoms with Crippen molar-refractivity contribution in [1.82, 2.24) is 4.98 Å². The largest absolute Gasteiger partial charge is 0.418 e. The fourth-order valence-corrected chi connectivity index (χ4v) is 1.36. The van der Waals surface area contributed by atoms with E-state index in [1.54, 1.807) is 0 Å². The van der Waals surface area contributed by atoms with Crippen LogP contribution in [0.5, 0.6) is 0 Å².